The van der Waals surface area contributed by atoms with E-state index in [1.165, 1.54) is 7.11 Å². The predicted octanol–water partition coefficient (Wildman–Crippen LogP) is 5.35. The number of hydrogen-bond acceptors (Lipinski definition) is 11. The summed E-state index contributed by atoms with van der Waals surface area (Å²) in [4.78, 5) is 42.7. The Hall–Kier alpha value is -5.03. The lowest BCUT2D eigenvalue weighted by Crippen LogP contribution is -2.63. The van der Waals surface area contributed by atoms with Gasteiger partial charge in [0.05, 0.1) is 37.2 Å². The van der Waals surface area contributed by atoms with Crippen LogP contribution in [0.15, 0.2) is 83.7 Å². The fourth-order valence-electron chi connectivity index (χ4n) is 8.52. The average Bonchev–Trinajstić information content (AvgIpc) is 3.82. The fraction of sp³-hybridized carbons (Fsp3) is 0.488. The van der Waals surface area contributed by atoms with E-state index in [1.807, 2.05) is 87.2 Å². The second-order valence-corrected chi connectivity index (χ2v) is 16.4. The van der Waals surface area contributed by atoms with E-state index in [0.29, 0.717) is 41.7 Å². The second-order valence-electron chi connectivity index (χ2n) is 16.4. The van der Waals surface area contributed by atoms with E-state index in [2.05, 4.69) is 15.3 Å². The second kappa shape index (κ2) is 16.9. The van der Waals surface area contributed by atoms with Gasteiger partial charge in [0.1, 0.15) is 42.5 Å². The van der Waals surface area contributed by atoms with Crippen molar-refractivity contribution in [3.63, 3.8) is 0 Å². The molecule has 7 rings (SSSR count). The van der Waals surface area contributed by atoms with E-state index < -0.39 is 60.1 Å². The van der Waals surface area contributed by atoms with Crippen molar-refractivity contribution < 1.29 is 46.5 Å². The van der Waals surface area contributed by atoms with Crippen LogP contribution in [0, 0.1) is 5.92 Å². The van der Waals surface area contributed by atoms with E-state index in [4.69, 9.17) is 18.6 Å². The van der Waals surface area contributed by atoms with E-state index >= 15 is 0 Å². The number of benzene rings is 2. The van der Waals surface area contributed by atoms with Crippen LogP contribution in [0.2, 0.25) is 0 Å². The third-order valence-electron chi connectivity index (χ3n) is 11.5. The number of aliphatic hydroxyl groups is 1. The Labute approximate surface area is 341 Å². The van der Waals surface area contributed by atoms with Gasteiger partial charge < -0.3 is 34.0 Å². The van der Waals surface area contributed by atoms with Crippen molar-refractivity contribution in [3.05, 3.63) is 96.3 Å². The number of ether oxygens (including phenoxy) is 3. The van der Waals surface area contributed by atoms with Crippen molar-refractivity contribution >= 4 is 11.8 Å². The number of para-hydroxylation sites is 1. The maximum atomic E-state index is 14.9. The molecule has 0 saturated carbocycles. The molecule has 0 bridgehead atoms. The van der Waals surface area contributed by atoms with Gasteiger partial charge >= 0.3 is 6.18 Å². The summed E-state index contributed by atoms with van der Waals surface area (Å²) in [6.45, 7) is 6.75. The molecule has 0 aliphatic carbocycles. The molecule has 2 saturated heterocycles. The SMILES string of the molecule is COc1cncc(-c2cnc(C(C)(C)N3CCN(C[C@@H](O)C[C@@H](Cc4ccccc4)C(=O)N4[C@H]5c6ccccc6OC[C@H]5OC4(C)C)C(C(=O)NCC(F)(F)F)C3)o2)c1. The molecule has 4 aromatic rings. The van der Waals surface area contributed by atoms with Crippen molar-refractivity contribution in [2.75, 3.05) is 46.4 Å². The van der Waals surface area contributed by atoms with Crippen molar-refractivity contribution in [2.45, 2.75) is 82.3 Å². The molecular weight excluding hydrogens is 770 g/mol. The van der Waals surface area contributed by atoms with Gasteiger partial charge in [0.15, 0.2) is 5.76 Å². The number of piperazine rings is 1. The third kappa shape index (κ3) is 9.25. The Balaban J connectivity index is 1.11. The van der Waals surface area contributed by atoms with Crippen molar-refractivity contribution in [3.8, 4) is 22.8 Å². The van der Waals surface area contributed by atoms with Gasteiger partial charge in [0.25, 0.3) is 0 Å². The minimum atomic E-state index is -4.63. The number of carbonyl (C=O) groups excluding carboxylic acids is 2. The van der Waals surface area contributed by atoms with Crippen LogP contribution in [0.5, 0.6) is 11.5 Å². The monoisotopic (exact) mass is 820 g/mol. The summed E-state index contributed by atoms with van der Waals surface area (Å²) < 4.78 is 64.0. The number of halogens is 3. The molecule has 0 spiro atoms. The van der Waals surface area contributed by atoms with Crippen molar-refractivity contribution in [2.24, 2.45) is 5.92 Å². The minimum absolute atomic E-state index is 0.0120. The first-order valence-corrected chi connectivity index (χ1v) is 19.8. The van der Waals surface area contributed by atoms with E-state index in [0.717, 1.165) is 11.1 Å². The smallest absolute Gasteiger partial charge is 0.405 e. The number of β-amino-alcohol motifs (C(OH)–C–C–N with tert-alkyl or cyclic N) is 1. The summed E-state index contributed by atoms with van der Waals surface area (Å²) >= 11 is 0. The lowest BCUT2D eigenvalue weighted by Gasteiger charge is -2.46. The zero-order valence-corrected chi connectivity index (χ0v) is 33.8. The minimum Gasteiger partial charge on any atom is -0.495 e. The molecule has 13 nitrogen and oxygen atoms in total. The molecule has 2 fully saturated rings. The first-order valence-electron chi connectivity index (χ1n) is 19.8. The number of pyridine rings is 1. The molecule has 5 heterocycles. The van der Waals surface area contributed by atoms with Crippen LogP contribution < -0.4 is 14.8 Å². The molecule has 2 amide bonds. The summed E-state index contributed by atoms with van der Waals surface area (Å²) in [7, 11) is 1.53. The molecule has 2 N–H and O–H groups in total. The first-order chi connectivity index (χ1) is 28.0. The summed E-state index contributed by atoms with van der Waals surface area (Å²) in [5.41, 5.74) is 0.498. The summed E-state index contributed by atoms with van der Waals surface area (Å²) in [5, 5.41) is 13.9. The number of fused-ring (bicyclic) bond motifs is 3. The van der Waals surface area contributed by atoms with Gasteiger partial charge in [-0.2, -0.15) is 13.2 Å². The fourth-order valence-corrected chi connectivity index (χ4v) is 8.52. The van der Waals surface area contributed by atoms with Gasteiger partial charge in [-0.25, -0.2) is 4.98 Å². The molecule has 2 aromatic carbocycles. The number of alkyl halides is 3. The van der Waals surface area contributed by atoms with Crippen molar-refractivity contribution in [1.29, 1.82) is 0 Å². The van der Waals surface area contributed by atoms with Gasteiger partial charge in [-0.05, 0) is 58.2 Å². The van der Waals surface area contributed by atoms with Crippen LogP contribution >= 0.6 is 0 Å². The summed E-state index contributed by atoms with van der Waals surface area (Å²) in [6.07, 6.45) is -1.06. The quantitative estimate of drug-likeness (QED) is 0.180. The molecule has 59 heavy (non-hydrogen) atoms. The molecule has 1 unspecified atom stereocenters. The van der Waals surface area contributed by atoms with Gasteiger partial charge in [0.2, 0.25) is 17.7 Å². The summed E-state index contributed by atoms with van der Waals surface area (Å²) in [5.74, 6) is 0.257. The number of carbonyl (C=O) groups is 2. The highest BCUT2D eigenvalue weighted by Gasteiger charge is 2.54. The number of methoxy groups -OCH3 is 1. The van der Waals surface area contributed by atoms with Crippen LogP contribution in [0.1, 0.15) is 57.2 Å². The standard InChI is InChI=1S/C43H51F3N6O7/c1-41(2,40-48-22-35(58-40)29-19-31(56-5)21-47-20-29)51-16-15-50(33(24-51)38(54)49-26-43(44,45)46)23-30(53)18-28(17-27-11-7-6-8-12-27)39(55)52-37-32-13-9-10-14-34(32)57-25-36(37)59-42(52,3)4/h6-14,19-22,28,30,33,36-37,53H,15-18,23-26H2,1-5H3,(H,49,54)/t28-,30+,33?,36-,37+/m1/s1. The van der Waals surface area contributed by atoms with Crippen LogP contribution in [0.4, 0.5) is 13.2 Å². The maximum Gasteiger partial charge on any atom is 0.405 e. The molecule has 3 aliphatic heterocycles. The highest BCUT2D eigenvalue weighted by molar-refractivity contribution is 5.82. The Morgan fingerprint density at radius 2 is 1.80 bits per heavy atom. The van der Waals surface area contributed by atoms with Crippen LogP contribution in [0.25, 0.3) is 11.3 Å². The highest BCUT2D eigenvalue weighted by Crippen LogP contribution is 2.48. The third-order valence-corrected chi connectivity index (χ3v) is 11.5. The van der Waals surface area contributed by atoms with E-state index in [-0.39, 0.29) is 38.6 Å². The Morgan fingerprint density at radius 3 is 2.54 bits per heavy atom. The Morgan fingerprint density at radius 1 is 1.05 bits per heavy atom. The van der Waals surface area contributed by atoms with E-state index in [9.17, 15) is 27.9 Å². The number of rotatable bonds is 13. The van der Waals surface area contributed by atoms with Crippen LogP contribution in [0.3, 0.4) is 0 Å². The zero-order chi connectivity index (χ0) is 42.1. The maximum absolute atomic E-state index is 14.9. The van der Waals surface area contributed by atoms with Gasteiger partial charge in [-0.15, -0.1) is 0 Å². The van der Waals surface area contributed by atoms with E-state index in [1.54, 1.807) is 34.5 Å². The average molecular weight is 821 g/mol. The van der Waals surface area contributed by atoms with Gasteiger partial charge in [0, 0.05) is 49.4 Å². The number of nitrogens with zero attached hydrogens (tertiary/aromatic N) is 5. The molecule has 5 atom stereocenters. The molecule has 316 valence electrons. The van der Waals surface area contributed by atoms with Crippen LogP contribution in [-0.4, -0.2) is 118 Å². The summed E-state index contributed by atoms with van der Waals surface area (Å²) in [6, 6.07) is 17.4. The number of nitrogens with one attached hydrogen (secondary N) is 1. The largest absolute Gasteiger partial charge is 0.495 e. The van der Waals surface area contributed by atoms with Gasteiger partial charge in [-0.1, -0.05) is 48.5 Å². The predicted molar refractivity (Wildman–Crippen MR) is 210 cm³/mol. The Bertz CT molecular complexity index is 2100. The van der Waals surface area contributed by atoms with Crippen LogP contribution in [-0.2, 0) is 26.3 Å². The van der Waals surface area contributed by atoms with Crippen molar-refractivity contribution in [1.82, 2.24) is 30.0 Å². The molecule has 16 heteroatoms. The molecular formula is C43H51F3N6O7. The zero-order valence-electron chi connectivity index (χ0n) is 33.8. The first kappa shape index (κ1) is 42.1. The number of hydrogen-bond donors (Lipinski definition) is 2. The topological polar surface area (TPSA) is 143 Å². The number of oxazole rings is 1. The highest BCUT2D eigenvalue weighted by atomic mass is 19.4. The number of aromatic nitrogens is 2. The lowest BCUT2D eigenvalue weighted by atomic mass is 9.89. The number of aliphatic hydroxyl groups excluding tert-OH is 1. The number of amides is 2. The molecule has 0 radical (unpaired) electrons. The molecule has 3 aliphatic rings. The molecule has 2 aromatic heterocycles. The Kier molecular flexibility index (Phi) is 12.1. The lowest BCUT2D eigenvalue weighted by molar-refractivity contribution is -0.153. The van der Waals surface area contributed by atoms with Gasteiger partial charge in [-0.3, -0.25) is 24.4 Å². The normalized spacial score (nSPS) is 21.8.